The molecule has 1 aromatic rings. The molecule has 1 fully saturated rings. The summed E-state index contributed by atoms with van der Waals surface area (Å²) in [5.41, 5.74) is 1.30. The maximum absolute atomic E-state index is 11.5. The number of aryl methyl sites for hydroxylation is 2. The smallest absolute Gasteiger partial charge is 0.272 e. The van der Waals surface area contributed by atoms with Crippen LogP contribution in [0.3, 0.4) is 0 Å². The second-order valence-corrected chi connectivity index (χ2v) is 4.69. The normalized spacial score (nSPS) is 14.3. The summed E-state index contributed by atoms with van der Waals surface area (Å²) in [6, 6.07) is 3.10. The lowest BCUT2D eigenvalue weighted by Crippen LogP contribution is -2.13. The lowest BCUT2D eigenvalue weighted by Gasteiger charge is -2.09. The van der Waals surface area contributed by atoms with Crippen LogP contribution in [0, 0.1) is 29.9 Å². The Labute approximate surface area is 105 Å². The van der Waals surface area contributed by atoms with Crippen molar-refractivity contribution in [3.8, 4) is 5.75 Å². The van der Waals surface area contributed by atoms with E-state index in [0.29, 0.717) is 16.9 Å². The minimum Gasteiger partial charge on any atom is -0.486 e. The van der Waals surface area contributed by atoms with Gasteiger partial charge in [0.1, 0.15) is 12.4 Å². The van der Waals surface area contributed by atoms with E-state index in [-0.39, 0.29) is 24.0 Å². The van der Waals surface area contributed by atoms with Gasteiger partial charge in [-0.2, -0.15) is 0 Å². The second kappa shape index (κ2) is 4.76. The van der Waals surface area contributed by atoms with Crippen molar-refractivity contribution in [2.24, 2.45) is 5.92 Å². The van der Waals surface area contributed by atoms with Gasteiger partial charge in [0.05, 0.1) is 4.92 Å². The Morgan fingerprint density at radius 1 is 1.39 bits per heavy atom. The molecule has 0 aromatic heterocycles. The maximum Gasteiger partial charge on any atom is 0.272 e. The lowest BCUT2D eigenvalue weighted by atomic mass is 10.1. The maximum atomic E-state index is 11.5. The third-order valence-corrected chi connectivity index (χ3v) is 3.09. The van der Waals surface area contributed by atoms with Crippen molar-refractivity contribution in [1.82, 2.24) is 0 Å². The first-order chi connectivity index (χ1) is 8.49. The van der Waals surface area contributed by atoms with E-state index in [9.17, 15) is 14.9 Å². The molecule has 1 aliphatic rings. The number of nitro groups is 1. The van der Waals surface area contributed by atoms with E-state index in [4.69, 9.17) is 4.74 Å². The van der Waals surface area contributed by atoms with E-state index in [1.807, 2.05) is 0 Å². The predicted molar refractivity (Wildman–Crippen MR) is 65.8 cm³/mol. The summed E-state index contributed by atoms with van der Waals surface area (Å²) in [6.45, 7) is 3.46. The number of ketones is 1. The van der Waals surface area contributed by atoms with Crippen LogP contribution in [-0.4, -0.2) is 17.3 Å². The first-order valence-corrected chi connectivity index (χ1v) is 5.90. The van der Waals surface area contributed by atoms with Crippen molar-refractivity contribution < 1.29 is 14.5 Å². The molecule has 0 saturated heterocycles. The van der Waals surface area contributed by atoms with Gasteiger partial charge in [-0.1, -0.05) is 0 Å². The summed E-state index contributed by atoms with van der Waals surface area (Å²) in [7, 11) is 0. The summed E-state index contributed by atoms with van der Waals surface area (Å²) in [5, 5.41) is 10.8. The van der Waals surface area contributed by atoms with Crippen LogP contribution in [0.2, 0.25) is 0 Å². The highest BCUT2D eigenvalue weighted by Crippen LogP contribution is 2.31. The number of nitrogens with zero attached hydrogens (tertiary/aromatic N) is 1. The highest BCUT2D eigenvalue weighted by atomic mass is 16.6. The number of carbonyl (C=O) groups is 1. The van der Waals surface area contributed by atoms with Gasteiger partial charge in [-0.25, -0.2) is 0 Å². The molecule has 1 aliphatic carbocycles. The number of Topliss-reactive ketones (excluding diaryl/α,β-unsaturated/α-hetero) is 1. The van der Waals surface area contributed by atoms with Crippen molar-refractivity contribution in [1.29, 1.82) is 0 Å². The first-order valence-electron chi connectivity index (χ1n) is 5.90. The van der Waals surface area contributed by atoms with Gasteiger partial charge < -0.3 is 4.74 Å². The van der Waals surface area contributed by atoms with Crippen LogP contribution in [0.15, 0.2) is 12.1 Å². The zero-order valence-electron chi connectivity index (χ0n) is 10.4. The molecule has 2 rings (SSSR count). The Morgan fingerprint density at radius 2 is 2.06 bits per heavy atom. The van der Waals surface area contributed by atoms with Gasteiger partial charge in [0.25, 0.3) is 5.69 Å². The Hall–Kier alpha value is -1.91. The fourth-order valence-electron chi connectivity index (χ4n) is 1.80. The van der Waals surface area contributed by atoms with Crippen LogP contribution >= 0.6 is 0 Å². The number of nitro benzene ring substituents is 1. The molecule has 1 saturated carbocycles. The van der Waals surface area contributed by atoms with Crippen molar-refractivity contribution in [3.05, 3.63) is 33.4 Å². The number of hydrogen-bond acceptors (Lipinski definition) is 4. The fraction of sp³-hybridized carbons (Fsp3) is 0.462. The van der Waals surface area contributed by atoms with E-state index in [1.54, 1.807) is 19.9 Å². The van der Waals surface area contributed by atoms with E-state index in [1.165, 1.54) is 6.07 Å². The molecule has 0 bridgehead atoms. The predicted octanol–water partition coefficient (Wildman–Crippen LogP) is 2.57. The minimum atomic E-state index is -0.415. The Kier molecular flexibility index (Phi) is 3.32. The highest BCUT2D eigenvalue weighted by molar-refractivity contribution is 5.84. The quantitative estimate of drug-likeness (QED) is 0.594. The molecular formula is C13H15NO4. The Balaban J connectivity index is 2.10. The zero-order valence-corrected chi connectivity index (χ0v) is 10.4. The molecular weight excluding hydrogens is 234 g/mol. The highest BCUT2D eigenvalue weighted by Gasteiger charge is 2.29. The van der Waals surface area contributed by atoms with Crippen LogP contribution in [0.4, 0.5) is 5.69 Å². The van der Waals surface area contributed by atoms with Crippen LogP contribution in [0.5, 0.6) is 5.75 Å². The van der Waals surface area contributed by atoms with Crippen molar-refractivity contribution >= 4 is 11.5 Å². The van der Waals surface area contributed by atoms with Gasteiger partial charge >= 0.3 is 0 Å². The number of carbonyl (C=O) groups excluding carboxylic acids is 1. The Morgan fingerprint density at radius 3 is 2.61 bits per heavy atom. The van der Waals surface area contributed by atoms with Gasteiger partial charge in [-0.15, -0.1) is 0 Å². The van der Waals surface area contributed by atoms with Gasteiger partial charge in [0.15, 0.2) is 5.78 Å². The molecule has 0 amide bonds. The monoisotopic (exact) mass is 249 g/mol. The van der Waals surface area contributed by atoms with E-state index < -0.39 is 4.92 Å². The molecule has 18 heavy (non-hydrogen) atoms. The number of ether oxygens (including phenoxy) is 1. The summed E-state index contributed by atoms with van der Waals surface area (Å²) in [6.07, 6.45) is 1.92. The topological polar surface area (TPSA) is 69.4 Å². The van der Waals surface area contributed by atoms with Gasteiger partial charge in [0.2, 0.25) is 0 Å². The average Bonchev–Trinajstić information content (AvgIpc) is 3.12. The zero-order chi connectivity index (χ0) is 13.3. The average molecular weight is 249 g/mol. The molecule has 0 aliphatic heterocycles. The molecule has 0 heterocycles. The molecule has 96 valence electrons. The third-order valence-electron chi connectivity index (χ3n) is 3.09. The SMILES string of the molecule is Cc1cc([N+](=O)[O-])c(C)cc1OCC(=O)C1CC1. The van der Waals surface area contributed by atoms with Gasteiger partial charge in [-0.3, -0.25) is 14.9 Å². The summed E-state index contributed by atoms with van der Waals surface area (Å²) in [4.78, 5) is 21.9. The van der Waals surface area contributed by atoms with E-state index >= 15 is 0 Å². The summed E-state index contributed by atoms with van der Waals surface area (Å²) >= 11 is 0. The number of benzene rings is 1. The third kappa shape index (κ3) is 2.67. The largest absolute Gasteiger partial charge is 0.486 e. The molecule has 0 radical (unpaired) electrons. The van der Waals surface area contributed by atoms with Crippen LogP contribution in [0.1, 0.15) is 24.0 Å². The molecule has 0 spiro atoms. The van der Waals surface area contributed by atoms with Crippen LogP contribution in [0.25, 0.3) is 0 Å². The van der Waals surface area contributed by atoms with Gasteiger partial charge in [0, 0.05) is 17.5 Å². The summed E-state index contributed by atoms with van der Waals surface area (Å²) < 4.78 is 5.44. The van der Waals surface area contributed by atoms with Crippen LogP contribution in [-0.2, 0) is 4.79 Å². The van der Waals surface area contributed by atoms with Crippen molar-refractivity contribution in [2.75, 3.05) is 6.61 Å². The molecule has 1 aromatic carbocycles. The fourth-order valence-corrected chi connectivity index (χ4v) is 1.80. The summed E-state index contributed by atoms with van der Waals surface area (Å²) in [5.74, 6) is 0.835. The first kappa shape index (κ1) is 12.5. The second-order valence-electron chi connectivity index (χ2n) is 4.69. The standard InChI is InChI=1S/C13H15NO4/c1-8-6-13(9(2)5-11(8)14(16)17)18-7-12(15)10-3-4-10/h5-6,10H,3-4,7H2,1-2H3. The molecule has 5 nitrogen and oxygen atoms in total. The van der Waals surface area contributed by atoms with E-state index in [2.05, 4.69) is 0 Å². The van der Waals surface area contributed by atoms with Crippen molar-refractivity contribution in [2.45, 2.75) is 26.7 Å². The molecule has 0 atom stereocenters. The minimum absolute atomic E-state index is 0.0583. The molecule has 0 N–H and O–H groups in total. The number of rotatable bonds is 5. The Bertz CT molecular complexity index is 506. The van der Waals surface area contributed by atoms with Crippen LogP contribution < -0.4 is 4.74 Å². The number of hydrogen-bond donors (Lipinski definition) is 0. The van der Waals surface area contributed by atoms with E-state index in [0.717, 1.165) is 12.8 Å². The molecule has 5 heteroatoms. The van der Waals surface area contributed by atoms with Gasteiger partial charge in [-0.05, 0) is 38.3 Å². The lowest BCUT2D eigenvalue weighted by molar-refractivity contribution is -0.385. The van der Waals surface area contributed by atoms with Crippen molar-refractivity contribution in [3.63, 3.8) is 0 Å². The molecule has 0 unspecified atom stereocenters.